The highest BCUT2D eigenvalue weighted by Gasteiger charge is 2.28. The standard InChI is InChI=1S/C15H19N3O2S/c1-11-6-8-13(9-7-11)21(19,20)18-14(10-15(16)17-18)12-4-2-3-5-12/h6-10,12H,2-5H2,1H3,(H2,16,17). The maximum absolute atomic E-state index is 12.8. The molecule has 0 aliphatic heterocycles. The lowest BCUT2D eigenvalue weighted by Crippen LogP contribution is -2.18. The average Bonchev–Trinajstić information content (AvgIpc) is 3.08. The van der Waals surface area contributed by atoms with Crippen molar-refractivity contribution >= 4 is 15.8 Å². The Morgan fingerprint density at radius 2 is 1.81 bits per heavy atom. The van der Waals surface area contributed by atoms with Crippen LogP contribution in [0.5, 0.6) is 0 Å². The molecular formula is C15H19N3O2S. The van der Waals surface area contributed by atoms with Crippen molar-refractivity contribution in [3.63, 3.8) is 0 Å². The maximum atomic E-state index is 12.8. The number of hydrogen-bond acceptors (Lipinski definition) is 4. The van der Waals surface area contributed by atoms with Gasteiger partial charge in [0, 0.05) is 12.0 Å². The van der Waals surface area contributed by atoms with Gasteiger partial charge in [0.15, 0.2) is 0 Å². The number of aromatic nitrogens is 2. The molecule has 1 fully saturated rings. The molecule has 6 heteroatoms. The Morgan fingerprint density at radius 3 is 2.43 bits per heavy atom. The van der Waals surface area contributed by atoms with E-state index in [1.165, 1.54) is 0 Å². The van der Waals surface area contributed by atoms with Crippen LogP contribution in [-0.4, -0.2) is 17.6 Å². The van der Waals surface area contributed by atoms with Crippen molar-refractivity contribution in [3.8, 4) is 0 Å². The molecule has 1 saturated carbocycles. The first-order chi connectivity index (χ1) is 9.98. The number of aryl methyl sites for hydroxylation is 1. The van der Waals surface area contributed by atoms with Crippen LogP contribution >= 0.6 is 0 Å². The fourth-order valence-corrected chi connectivity index (χ4v) is 4.26. The second kappa shape index (κ2) is 5.18. The summed E-state index contributed by atoms with van der Waals surface area (Å²) in [4.78, 5) is 0.246. The Balaban J connectivity index is 2.08. The topological polar surface area (TPSA) is 78.0 Å². The highest BCUT2D eigenvalue weighted by atomic mass is 32.2. The van der Waals surface area contributed by atoms with Crippen LogP contribution in [-0.2, 0) is 10.0 Å². The van der Waals surface area contributed by atoms with Gasteiger partial charge in [0.1, 0.15) is 5.82 Å². The molecule has 0 atom stereocenters. The van der Waals surface area contributed by atoms with Crippen LogP contribution in [0, 0.1) is 6.92 Å². The zero-order chi connectivity index (χ0) is 15.0. The number of benzene rings is 1. The molecule has 112 valence electrons. The smallest absolute Gasteiger partial charge is 0.283 e. The quantitative estimate of drug-likeness (QED) is 0.945. The van der Waals surface area contributed by atoms with Gasteiger partial charge in [0.2, 0.25) is 0 Å². The van der Waals surface area contributed by atoms with Gasteiger partial charge in [-0.05, 0) is 31.9 Å². The fraction of sp³-hybridized carbons (Fsp3) is 0.400. The molecule has 21 heavy (non-hydrogen) atoms. The number of anilines is 1. The molecule has 0 radical (unpaired) electrons. The minimum atomic E-state index is -3.68. The summed E-state index contributed by atoms with van der Waals surface area (Å²) in [5.41, 5.74) is 7.48. The second-order valence-electron chi connectivity index (χ2n) is 5.64. The molecule has 2 N–H and O–H groups in total. The van der Waals surface area contributed by atoms with Gasteiger partial charge in [0.05, 0.1) is 10.6 Å². The number of nitrogens with two attached hydrogens (primary N) is 1. The highest BCUT2D eigenvalue weighted by molar-refractivity contribution is 7.89. The SMILES string of the molecule is Cc1ccc(S(=O)(=O)n2nc(N)cc2C2CCCC2)cc1. The summed E-state index contributed by atoms with van der Waals surface area (Å²) in [6.07, 6.45) is 4.24. The van der Waals surface area contributed by atoms with Crippen molar-refractivity contribution in [2.45, 2.75) is 43.4 Å². The summed E-state index contributed by atoms with van der Waals surface area (Å²) >= 11 is 0. The third-order valence-corrected chi connectivity index (χ3v) is 5.66. The molecule has 2 aromatic rings. The summed E-state index contributed by atoms with van der Waals surface area (Å²) < 4.78 is 26.7. The summed E-state index contributed by atoms with van der Waals surface area (Å²) in [6.45, 7) is 1.92. The molecule has 0 unspecified atom stereocenters. The van der Waals surface area contributed by atoms with Crippen molar-refractivity contribution in [3.05, 3.63) is 41.6 Å². The molecule has 1 aromatic carbocycles. The minimum Gasteiger partial charge on any atom is -0.382 e. The van der Waals surface area contributed by atoms with Crippen LogP contribution in [0.15, 0.2) is 35.2 Å². The lowest BCUT2D eigenvalue weighted by atomic mass is 10.0. The largest absolute Gasteiger partial charge is 0.382 e. The normalized spacial score (nSPS) is 16.4. The molecule has 0 spiro atoms. The average molecular weight is 305 g/mol. The van der Waals surface area contributed by atoms with Crippen molar-refractivity contribution < 1.29 is 8.42 Å². The van der Waals surface area contributed by atoms with E-state index in [2.05, 4.69) is 5.10 Å². The predicted octanol–water partition coefficient (Wildman–Crippen LogP) is 2.67. The van der Waals surface area contributed by atoms with Crippen LogP contribution in [0.1, 0.15) is 42.9 Å². The van der Waals surface area contributed by atoms with E-state index >= 15 is 0 Å². The van der Waals surface area contributed by atoms with E-state index in [1.807, 2.05) is 6.92 Å². The third kappa shape index (κ3) is 2.55. The summed E-state index contributed by atoms with van der Waals surface area (Å²) in [6, 6.07) is 8.49. The van der Waals surface area contributed by atoms with Crippen molar-refractivity contribution in [2.24, 2.45) is 0 Å². The zero-order valence-electron chi connectivity index (χ0n) is 12.0. The van der Waals surface area contributed by atoms with Gasteiger partial charge in [-0.25, -0.2) is 0 Å². The van der Waals surface area contributed by atoms with E-state index < -0.39 is 10.0 Å². The third-order valence-electron chi connectivity index (χ3n) is 4.04. The molecule has 1 aliphatic rings. The molecule has 0 bridgehead atoms. The van der Waals surface area contributed by atoms with E-state index in [4.69, 9.17) is 5.73 Å². The van der Waals surface area contributed by atoms with Crippen molar-refractivity contribution in [2.75, 3.05) is 5.73 Å². The minimum absolute atomic E-state index is 0.232. The maximum Gasteiger partial charge on any atom is 0.283 e. The number of nitrogens with zero attached hydrogens (tertiary/aromatic N) is 2. The van der Waals surface area contributed by atoms with Gasteiger partial charge in [-0.15, -0.1) is 5.10 Å². The molecule has 5 nitrogen and oxygen atoms in total. The van der Waals surface area contributed by atoms with Gasteiger partial charge in [0.25, 0.3) is 10.0 Å². The van der Waals surface area contributed by atoms with Gasteiger partial charge in [-0.2, -0.15) is 12.5 Å². The molecule has 1 aliphatic carbocycles. The van der Waals surface area contributed by atoms with Crippen LogP contribution in [0.3, 0.4) is 0 Å². The molecule has 1 aromatic heterocycles. The summed E-state index contributed by atoms with van der Waals surface area (Å²) in [7, 11) is -3.68. The Kier molecular flexibility index (Phi) is 3.49. The lowest BCUT2D eigenvalue weighted by Gasteiger charge is -2.13. The summed E-state index contributed by atoms with van der Waals surface area (Å²) in [5.74, 6) is 0.489. The first-order valence-electron chi connectivity index (χ1n) is 7.16. The van der Waals surface area contributed by atoms with E-state index in [-0.39, 0.29) is 16.6 Å². The summed E-state index contributed by atoms with van der Waals surface area (Å²) in [5, 5.41) is 4.03. The lowest BCUT2D eigenvalue weighted by molar-refractivity contribution is 0.569. The Morgan fingerprint density at radius 1 is 1.19 bits per heavy atom. The fourth-order valence-electron chi connectivity index (χ4n) is 2.90. The zero-order valence-corrected chi connectivity index (χ0v) is 12.8. The molecular weight excluding hydrogens is 286 g/mol. The van der Waals surface area contributed by atoms with E-state index in [0.29, 0.717) is 5.69 Å². The van der Waals surface area contributed by atoms with Crippen molar-refractivity contribution in [1.82, 2.24) is 9.19 Å². The van der Waals surface area contributed by atoms with Crippen LogP contribution in [0.25, 0.3) is 0 Å². The Hall–Kier alpha value is -1.82. The van der Waals surface area contributed by atoms with Gasteiger partial charge >= 0.3 is 0 Å². The number of hydrogen-bond donors (Lipinski definition) is 1. The Labute approximate surface area is 124 Å². The molecule has 3 rings (SSSR count). The molecule has 0 saturated heterocycles. The monoisotopic (exact) mass is 305 g/mol. The highest BCUT2D eigenvalue weighted by Crippen LogP contribution is 2.35. The van der Waals surface area contributed by atoms with Crippen molar-refractivity contribution in [1.29, 1.82) is 0 Å². The van der Waals surface area contributed by atoms with E-state index in [0.717, 1.165) is 35.3 Å². The Bertz CT molecular complexity index is 742. The first-order valence-corrected chi connectivity index (χ1v) is 8.60. The predicted molar refractivity (Wildman–Crippen MR) is 81.6 cm³/mol. The first kappa shape index (κ1) is 14.1. The molecule has 1 heterocycles. The van der Waals surface area contributed by atoms with Gasteiger partial charge in [-0.3, -0.25) is 0 Å². The van der Waals surface area contributed by atoms with Crippen LogP contribution < -0.4 is 5.73 Å². The van der Waals surface area contributed by atoms with Crippen LogP contribution in [0.4, 0.5) is 5.82 Å². The number of nitrogen functional groups attached to an aromatic ring is 1. The van der Waals surface area contributed by atoms with Gasteiger partial charge in [-0.1, -0.05) is 30.5 Å². The van der Waals surface area contributed by atoms with Crippen LogP contribution in [0.2, 0.25) is 0 Å². The number of rotatable bonds is 3. The van der Waals surface area contributed by atoms with Gasteiger partial charge < -0.3 is 5.73 Å². The van der Waals surface area contributed by atoms with E-state index in [9.17, 15) is 8.42 Å². The van der Waals surface area contributed by atoms with E-state index in [1.54, 1.807) is 30.3 Å². The second-order valence-corrected chi connectivity index (χ2v) is 7.40. The molecule has 0 amide bonds.